The predicted molar refractivity (Wildman–Crippen MR) is 242 cm³/mol. The first-order valence-corrected chi connectivity index (χ1v) is 23.7. The maximum absolute atomic E-state index is 14.4. The third kappa shape index (κ3) is 10.8. The van der Waals surface area contributed by atoms with Gasteiger partial charge < -0.3 is 35.4 Å². The number of nitrogens with one attached hydrogen (secondary N) is 3. The van der Waals surface area contributed by atoms with Crippen LogP contribution in [0.25, 0.3) is 11.1 Å². The zero-order chi connectivity index (χ0) is 45.1. The van der Waals surface area contributed by atoms with Crippen LogP contribution >= 0.6 is 0 Å². The highest BCUT2D eigenvalue weighted by atomic mass is 32.2. The van der Waals surface area contributed by atoms with E-state index in [4.69, 9.17) is 9.57 Å². The quantitative estimate of drug-likeness (QED) is 0.118. The molecule has 15 heteroatoms. The van der Waals surface area contributed by atoms with E-state index in [1.807, 2.05) is 91.6 Å². The fourth-order valence-electron chi connectivity index (χ4n) is 10.2. The number of fused-ring (bicyclic) bond motifs is 2. The van der Waals surface area contributed by atoms with E-state index in [1.165, 1.54) is 6.42 Å². The van der Waals surface area contributed by atoms with Gasteiger partial charge in [0.2, 0.25) is 15.9 Å². The molecule has 14 nitrogen and oxygen atoms in total. The van der Waals surface area contributed by atoms with Crippen LogP contribution in [0.15, 0.2) is 66.7 Å². The number of hydrogen-bond acceptors (Lipinski definition) is 11. The number of ether oxygens (including phenoxy) is 1. The maximum Gasteiger partial charge on any atom is 0.251 e. The average molecular weight is 877 g/mol. The summed E-state index contributed by atoms with van der Waals surface area (Å²) >= 11 is 0. The maximum atomic E-state index is 14.4. The van der Waals surface area contributed by atoms with Crippen LogP contribution in [0, 0.1) is 29.1 Å². The van der Waals surface area contributed by atoms with E-state index in [1.54, 1.807) is 25.2 Å². The third-order valence-electron chi connectivity index (χ3n) is 13.7. The number of carbonyl (C=O) groups is 2. The molecule has 2 bridgehead atoms. The fourth-order valence-corrected chi connectivity index (χ4v) is 10.7. The van der Waals surface area contributed by atoms with Crippen molar-refractivity contribution in [2.24, 2.45) is 29.1 Å². The van der Waals surface area contributed by atoms with E-state index in [2.05, 4.69) is 36.1 Å². The molecular weight excluding hydrogens is 809 g/mol. The Kier molecular flexibility index (Phi) is 15.1. The number of aliphatic hydroxyl groups excluding tert-OH is 2. The zero-order valence-electron chi connectivity index (χ0n) is 37.8. The summed E-state index contributed by atoms with van der Waals surface area (Å²) in [6.07, 6.45) is 2.07. The molecule has 0 aromatic heterocycles. The van der Waals surface area contributed by atoms with Crippen LogP contribution in [0.2, 0.25) is 0 Å². The van der Waals surface area contributed by atoms with Crippen LogP contribution in [-0.4, -0.2) is 131 Å². The summed E-state index contributed by atoms with van der Waals surface area (Å²) in [5, 5.41) is 29.7. The molecule has 340 valence electrons. The second-order valence-corrected chi connectivity index (χ2v) is 20.5. The smallest absolute Gasteiger partial charge is 0.251 e. The Hall–Kier alpha value is -4.09. The van der Waals surface area contributed by atoms with Crippen LogP contribution in [0.3, 0.4) is 0 Å². The van der Waals surface area contributed by atoms with Crippen LogP contribution in [0.5, 0.6) is 5.75 Å². The summed E-state index contributed by atoms with van der Waals surface area (Å²) in [6, 6.07) is 20.2. The average Bonchev–Trinajstić information content (AvgIpc) is 3.59. The van der Waals surface area contributed by atoms with Gasteiger partial charge in [0.15, 0.2) is 0 Å². The normalized spacial score (nSPS) is 25.5. The number of rotatable bonds is 19. The van der Waals surface area contributed by atoms with Gasteiger partial charge in [0, 0.05) is 67.1 Å². The minimum absolute atomic E-state index is 0.00252. The second kappa shape index (κ2) is 19.7. The number of sulfonamides is 1. The molecule has 0 radical (unpaired) electrons. The van der Waals surface area contributed by atoms with Gasteiger partial charge in [-0.1, -0.05) is 69.3 Å². The molecule has 7 rings (SSSR count). The van der Waals surface area contributed by atoms with Crippen LogP contribution in [0.4, 0.5) is 5.69 Å². The Bertz CT molecular complexity index is 2140. The van der Waals surface area contributed by atoms with E-state index in [-0.39, 0.29) is 49.0 Å². The lowest BCUT2D eigenvalue weighted by Crippen LogP contribution is -2.62. The largest absolute Gasteiger partial charge is 0.496 e. The number of benzene rings is 3. The molecule has 5 N–H and O–H groups in total. The van der Waals surface area contributed by atoms with Gasteiger partial charge in [-0.3, -0.25) is 14.4 Å². The molecule has 1 heterocycles. The predicted octanol–water partition coefficient (Wildman–Crippen LogP) is 3.91. The van der Waals surface area contributed by atoms with Crippen LogP contribution in [-0.2, 0) is 32.6 Å². The van der Waals surface area contributed by atoms with E-state index < -0.39 is 34.2 Å². The first-order valence-electron chi connectivity index (χ1n) is 21.8. The minimum atomic E-state index is -3.41. The molecule has 9 atom stereocenters. The van der Waals surface area contributed by atoms with Crippen molar-refractivity contribution in [1.82, 2.24) is 25.3 Å². The van der Waals surface area contributed by atoms with Gasteiger partial charge in [-0.05, 0) is 92.8 Å². The van der Waals surface area contributed by atoms with Gasteiger partial charge in [0.05, 0.1) is 32.6 Å². The van der Waals surface area contributed by atoms with Gasteiger partial charge >= 0.3 is 0 Å². The number of para-hydroxylation sites is 1. The first-order chi connectivity index (χ1) is 29.3. The first kappa shape index (κ1) is 47.4. The topological polar surface area (TPSA) is 173 Å². The van der Waals surface area contributed by atoms with Crippen molar-refractivity contribution in [3.63, 3.8) is 0 Å². The second-order valence-electron chi connectivity index (χ2n) is 18.7. The molecular formula is C47H68N6O8S. The van der Waals surface area contributed by atoms with Crippen molar-refractivity contribution in [3.8, 4) is 16.9 Å². The van der Waals surface area contributed by atoms with Gasteiger partial charge in [0.25, 0.3) is 5.91 Å². The SMILES string of the molecule is COc1c(CN2O[C@@H](CO)[C@@H]([C@H](C)O)[C@H]2C(=O)N[C@H]2C[C@H]3C[C@@H]([C@@H]2C)C3(C)C)cccc1-c1cc(C(=O)N[C@@H](Cc2ccccc2)CN(C)C)cc(N(C)CCNS(C)(=O)=O)c1. The van der Waals surface area contributed by atoms with Crippen molar-refractivity contribution in [1.29, 1.82) is 0 Å². The molecule has 3 aromatic rings. The van der Waals surface area contributed by atoms with Crippen LogP contribution in [0.1, 0.15) is 62.0 Å². The molecule has 62 heavy (non-hydrogen) atoms. The van der Waals surface area contributed by atoms with Crippen molar-refractivity contribution < 1.29 is 37.8 Å². The zero-order valence-corrected chi connectivity index (χ0v) is 38.6. The van der Waals surface area contributed by atoms with Crippen molar-refractivity contribution in [3.05, 3.63) is 83.4 Å². The van der Waals surface area contributed by atoms with Gasteiger partial charge in [-0.25, -0.2) is 13.1 Å². The van der Waals surface area contributed by atoms with Gasteiger partial charge in [-0.15, -0.1) is 0 Å². The number of nitrogens with zero attached hydrogens (tertiary/aromatic N) is 3. The summed E-state index contributed by atoms with van der Waals surface area (Å²) in [7, 11) is 3.93. The number of methoxy groups -OCH3 is 1. The molecule has 3 saturated carbocycles. The van der Waals surface area contributed by atoms with Gasteiger partial charge in [0.1, 0.15) is 17.9 Å². The highest BCUT2D eigenvalue weighted by Crippen LogP contribution is 2.61. The van der Waals surface area contributed by atoms with Crippen molar-refractivity contribution in [2.45, 2.75) is 83.8 Å². The number of anilines is 1. The molecule has 1 saturated heterocycles. The van der Waals surface area contributed by atoms with Crippen molar-refractivity contribution in [2.75, 3.05) is 65.6 Å². The van der Waals surface area contributed by atoms with E-state index in [9.17, 15) is 28.2 Å². The summed E-state index contributed by atoms with van der Waals surface area (Å²) in [5.74, 6) is 0.662. The summed E-state index contributed by atoms with van der Waals surface area (Å²) in [5.41, 5.74) is 4.50. The summed E-state index contributed by atoms with van der Waals surface area (Å²) in [6.45, 7) is 9.32. The number of hydroxylamine groups is 2. The molecule has 0 spiro atoms. The number of hydrogen-bond donors (Lipinski definition) is 5. The Morgan fingerprint density at radius 1 is 1.05 bits per heavy atom. The lowest BCUT2D eigenvalue weighted by atomic mass is 9.45. The number of amides is 2. The molecule has 2 amide bonds. The lowest BCUT2D eigenvalue weighted by molar-refractivity contribution is -0.183. The lowest BCUT2D eigenvalue weighted by Gasteiger charge is -2.62. The molecule has 4 fully saturated rings. The molecule has 3 aliphatic carbocycles. The standard InChI is InChI=1S/C47H68N6O8S/c1-29-39-24-35(47(39,3)4)25-40(29)50-46(57)43-42(30(2)55)41(28-54)61-53(43)26-32-16-13-17-38(44(32)60-8)33-21-34(23-37(22-33)52(7)19-18-48-62(9,58)59)45(56)49-36(27-51(5)6)20-31-14-11-10-12-15-31/h10-17,21-23,29-30,35-36,39-43,48,54-55H,18-20,24-28H2,1-9H3,(H,49,56)(H,50,57)/t29-,30-,35+,36-,39-,40-,41-,42+,43-/m0/s1. The molecule has 1 aliphatic heterocycles. The van der Waals surface area contributed by atoms with E-state index in [0.29, 0.717) is 71.0 Å². The Labute approximate surface area is 368 Å². The number of likely N-dealkylation sites (N-methyl/N-ethyl adjacent to an activating group) is 2. The highest BCUT2D eigenvalue weighted by Gasteiger charge is 2.57. The van der Waals surface area contributed by atoms with E-state index in [0.717, 1.165) is 18.2 Å². The molecule has 0 unspecified atom stereocenters. The van der Waals surface area contributed by atoms with Crippen molar-refractivity contribution >= 4 is 27.5 Å². The summed E-state index contributed by atoms with van der Waals surface area (Å²) < 4.78 is 32.5. The molecule has 4 aliphatic rings. The number of aliphatic hydroxyl groups is 2. The van der Waals surface area contributed by atoms with Gasteiger partial charge in [-0.2, -0.15) is 5.06 Å². The fraction of sp³-hybridized carbons (Fsp3) is 0.574. The van der Waals surface area contributed by atoms with Crippen LogP contribution < -0.4 is 25.0 Å². The third-order valence-corrected chi connectivity index (χ3v) is 14.4. The Morgan fingerprint density at radius 2 is 1.77 bits per heavy atom. The Balaban J connectivity index is 1.32. The van der Waals surface area contributed by atoms with E-state index >= 15 is 0 Å². The Morgan fingerprint density at radius 3 is 2.39 bits per heavy atom. The molecule has 3 aromatic carbocycles. The summed E-state index contributed by atoms with van der Waals surface area (Å²) in [4.78, 5) is 38.9. The highest BCUT2D eigenvalue weighted by molar-refractivity contribution is 7.88. The number of carbonyl (C=O) groups excluding carboxylic acids is 2. The monoisotopic (exact) mass is 876 g/mol. The minimum Gasteiger partial charge on any atom is -0.496 e.